The van der Waals surface area contributed by atoms with Gasteiger partial charge in [0, 0.05) is 63.0 Å². The van der Waals surface area contributed by atoms with Crippen LogP contribution in [0.2, 0.25) is 0 Å². The van der Waals surface area contributed by atoms with Gasteiger partial charge in [-0.05, 0) is 13.0 Å². The number of thioether (sulfide) groups is 1. The average molecular weight is 418 g/mol. The summed E-state index contributed by atoms with van der Waals surface area (Å²) in [6.07, 6.45) is 12.1. The summed E-state index contributed by atoms with van der Waals surface area (Å²) in [5.74, 6) is 1.46. The van der Waals surface area contributed by atoms with Crippen LogP contribution >= 0.6 is 11.8 Å². The van der Waals surface area contributed by atoms with E-state index in [1.807, 2.05) is 37.7 Å². The van der Waals surface area contributed by atoms with Crippen molar-refractivity contribution in [3.05, 3.63) is 64.1 Å². The van der Waals surface area contributed by atoms with Crippen LogP contribution in [-0.4, -0.2) is 51.8 Å². The van der Waals surface area contributed by atoms with Crippen LogP contribution in [0, 0.1) is 6.92 Å². The highest BCUT2D eigenvalue weighted by Gasteiger charge is 2.29. The molecule has 2 N–H and O–H groups in total. The molecule has 2 aromatic heterocycles. The second-order valence-electron chi connectivity index (χ2n) is 6.81. The molecule has 9 heteroatoms. The Bertz CT molecular complexity index is 930. The Labute approximate surface area is 174 Å². The SMILES string of the molecule is COC1(OC)C=CC=C(Cc2cnc(NCCSCn3cncc3C)[nH]c2=O)C1. The Morgan fingerprint density at radius 3 is 2.86 bits per heavy atom. The third-order valence-corrected chi connectivity index (χ3v) is 5.78. The molecule has 2 heterocycles. The Kier molecular flexibility index (Phi) is 7.29. The monoisotopic (exact) mass is 417 g/mol. The molecular weight excluding hydrogens is 390 g/mol. The van der Waals surface area contributed by atoms with Crippen LogP contribution in [0.1, 0.15) is 17.7 Å². The molecule has 1 aliphatic rings. The Morgan fingerprint density at radius 1 is 1.34 bits per heavy atom. The molecular formula is C20H27N5O3S. The summed E-state index contributed by atoms with van der Waals surface area (Å²) < 4.78 is 13.0. The van der Waals surface area contributed by atoms with Crippen molar-refractivity contribution in [1.82, 2.24) is 19.5 Å². The predicted molar refractivity (Wildman–Crippen MR) is 115 cm³/mol. The number of aromatic nitrogens is 4. The zero-order chi connectivity index (χ0) is 20.7. The van der Waals surface area contributed by atoms with Gasteiger partial charge in [0.2, 0.25) is 5.95 Å². The van der Waals surface area contributed by atoms with E-state index in [0.29, 0.717) is 30.9 Å². The number of hydrogen-bond donors (Lipinski definition) is 2. The number of nitrogens with one attached hydrogen (secondary N) is 2. The van der Waals surface area contributed by atoms with Gasteiger partial charge in [0.25, 0.3) is 5.56 Å². The lowest BCUT2D eigenvalue weighted by Gasteiger charge is -2.30. The van der Waals surface area contributed by atoms with Gasteiger partial charge >= 0.3 is 0 Å². The van der Waals surface area contributed by atoms with E-state index < -0.39 is 5.79 Å². The average Bonchev–Trinajstić information content (AvgIpc) is 3.14. The number of aryl methyl sites for hydroxylation is 1. The molecule has 0 radical (unpaired) electrons. The first-order chi connectivity index (χ1) is 14.0. The van der Waals surface area contributed by atoms with Crippen LogP contribution in [-0.2, 0) is 21.8 Å². The zero-order valence-corrected chi connectivity index (χ0v) is 17.8. The summed E-state index contributed by atoms with van der Waals surface area (Å²) in [5, 5.41) is 3.16. The molecule has 3 rings (SSSR count). The minimum atomic E-state index is -0.765. The number of anilines is 1. The lowest BCUT2D eigenvalue weighted by molar-refractivity contribution is -0.169. The molecule has 29 heavy (non-hydrogen) atoms. The van der Waals surface area contributed by atoms with E-state index in [1.54, 1.807) is 32.2 Å². The standard InChI is InChI=1S/C20H27N5O3S/c1-15-11-21-13-25(15)14-29-8-7-22-19-23-12-17(18(26)24-19)9-16-5-4-6-20(10-16,27-2)28-3/h4-6,11-13H,7-10,14H2,1-3H3,(H2,22,23,24,26). The fraction of sp³-hybridized carbons (Fsp3) is 0.450. The number of ether oxygens (including phenoxy) is 2. The van der Waals surface area contributed by atoms with Crippen molar-refractivity contribution >= 4 is 17.7 Å². The van der Waals surface area contributed by atoms with Crippen LogP contribution in [0.5, 0.6) is 0 Å². The van der Waals surface area contributed by atoms with Gasteiger partial charge in [-0.15, -0.1) is 11.8 Å². The van der Waals surface area contributed by atoms with Crippen molar-refractivity contribution in [3.63, 3.8) is 0 Å². The number of allylic oxidation sites excluding steroid dienone is 2. The maximum atomic E-state index is 12.4. The van der Waals surface area contributed by atoms with Crippen LogP contribution in [0.15, 0.2) is 47.3 Å². The van der Waals surface area contributed by atoms with Crippen molar-refractivity contribution in [2.24, 2.45) is 0 Å². The summed E-state index contributed by atoms with van der Waals surface area (Å²) in [5.41, 5.74) is 2.67. The van der Waals surface area contributed by atoms with Gasteiger partial charge in [0.05, 0.1) is 12.2 Å². The van der Waals surface area contributed by atoms with Crippen LogP contribution in [0.3, 0.4) is 0 Å². The molecule has 0 aliphatic heterocycles. The largest absolute Gasteiger partial charge is 0.355 e. The minimum absolute atomic E-state index is 0.139. The highest BCUT2D eigenvalue weighted by molar-refractivity contribution is 7.98. The van der Waals surface area contributed by atoms with E-state index in [4.69, 9.17) is 9.47 Å². The van der Waals surface area contributed by atoms with Crippen LogP contribution in [0.4, 0.5) is 5.95 Å². The van der Waals surface area contributed by atoms with E-state index in [1.165, 1.54) is 0 Å². The quantitative estimate of drug-likeness (QED) is 0.453. The summed E-state index contributed by atoms with van der Waals surface area (Å²) >= 11 is 1.78. The highest BCUT2D eigenvalue weighted by Crippen LogP contribution is 2.28. The molecule has 0 aromatic carbocycles. The van der Waals surface area contributed by atoms with Crippen LogP contribution < -0.4 is 10.9 Å². The zero-order valence-electron chi connectivity index (χ0n) is 17.0. The van der Waals surface area contributed by atoms with E-state index in [2.05, 4.69) is 24.8 Å². The Balaban J connectivity index is 1.49. The Hall–Kier alpha value is -2.36. The van der Waals surface area contributed by atoms with Gasteiger partial charge in [-0.25, -0.2) is 9.97 Å². The maximum absolute atomic E-state index is 12.4. The number of nitrogens with zero attached hydrogens (tertiary/aromatic N) is 3. The van der Waals surface area contributed by atoms with Gasteiger partial charge in [-0.3, -0.25) is 9.78 Å². The number of hydrogen-bond acceptors (Lipinski definition) is 7. The Morgan fingerprint density at radius 2 is 2.17 bits per heavy atom. The fourth-order valence-electron chi connectivity index (χ4n) is 3.06. The van der Waals surface area contributed by atoms with Gasteiger partial charge in [-0.1, -0.05) is 17.7 Å². The van der Waals surface area contributed by atoms with E-state index in [-0.39, 0.29) is 5.56 Å². The summed E-state index contributed by atoms with van der Waals surface area (Å²) in [6, 6.07) is 0. The van der Waals surface area contributed by atoms with E-state index >= 15 is 0 Å². The molecule has 0 spiro atoms. The third-order valence-electron chi connectivity index (χ3n) is 4.83. The molecule has 156 valence electrons. The topological polar surface area (TPSA) is 94.1 Å². The lowest BCUT2D eigenvalue weighted by atomic mass is 9.94. The van der Waals surface area contributed by atoms with Gasteiger partial charge in [0.15, 0.2) is 5.79 Å². The second kappa shape index (κ2) is 9.91. The van der Waals surface area contributed by atoms with Crippen molar-refractivity contribution < 1.29 is 9.47 Å². The van der Waals surface area contributed by atoms with Crippen molar-refractivity contribution in [2.75, 3.05) is 31.8 Å². The van der Waals surface area contributed by atoms with Crippen molar-refractivity contribution in [1.29, 1.82) is 0 Å². The van der Waals surface area contributed by atoms with Crippen LogP contribution in [0.25, 0.3) is 0 Å². The number of methoxy groups -OCH3 is 2. The summed E-state index contributed by atoms with van der Waals surface area (Å²) in [4.78, 5) is 23.7. The number of aromatic amines is 1. The number of H-pyrrole nitrogens is 1. The second-order valence-corrected chi connectivity index (χ2v) is 7.89. The third kappa shape index (κ3) is 5.59. The molecule has 1 aliphatic carbocycles. The fourth-order valence-corrected chi connectivity index (χ4v) is 3.90. The molecule has 0 bridgehead atoms. The molecule has 0 saturated heterocycles. The lowest BCUT2D eigenvalue weighted by Crippen LogP contribution is -2.33. The first kappa shape index (κ1) is 21.4. The first-order valence-corrected chi connectivity index (χ1v) is 10.5. The van der Waals surface area contributed by atoms with Gasteiger partial charge in [0.1, 0.15) is 0 Å². The van der Waals surface area contributed by atoms with Crippen molar-refractivity contribution in [3.8, 4) is 0 Å². The highest BCUT2D eigenvalue weighted by atomic mass is 32.2. The molecule has 0 atom stereocenters. The number of imidazole rings is 1. The number of rotatable bonds is 10. The summed E-state index contributed by atoms with van der Waals surface area (Å²) in [7, 11) is 3.22. The predicted octanol–water partition coefficient (Wildman–Crippen LogP) is 2.50. The normalized spacial score (nSPS) is 15.3. The molecule has 0 fully saturated rings. The van der Waals surface area contributed by atoms with E-state index in [0.717, 1.165) is 22.9 Å². The minimum Gasteiger partial charge on any atom is -0.355 e. The smallest absolute Gasteiger partial charge is 0.255 e. The molecule has 0 unspecified atom stereocenters. The van der Waals surface area contributed by atoms with Gasteiger partial charge in [-0.2, -0.15) is 0 Å². The molecule has 0 saturated carbocycles. The molecule has 2 aromatic rings. The molecule has 8 nitrogen and oxygen atoms in total. The van der Waals surface area contributed by atoms with E-state index in [9.17, 15) is 4.79 Å². The van der Waals surface area contributed by atoms with Crippen molar-refractivity contribution in [2.45, 2.75) is 31.4 Å². The summed E-state index contributed by atoms with van der Waals surface area (Å²) in [6.45, 7) is 2.74. The van der Waals surface area contributed by atoms with Gasteiger partial charge < -0.3 is 19.4 Å². The first-order valence-electron chi connectivity index (χ1n) is 9.39. The maximum Gasteiger partial charge on any atom is 0.255 e. The molecule has 0 amide bonds.